The summed E-state index contributed by atoms with van der Waals surface area (Å²) in [6.45, 7) is 8.52. The zero-order valence-electron chi connectivity index (χ0n) is 12.3. The molecule has 2 unspecified atom stereocenters. The van der Waals surface area contributed by atoms with E-state index >= 15 is 0 Å². The number of aryl methyl sites for hydroxylation is 1. The average Bonchev–Trinajstić information content (AvgIpc) is 2.96. The summed E-state index contributed by atoms with van der Waals surface area (Å²) in [4.78, 5) is 17.2. The molecule has 0 radical (unpaired) electrons. The standard InChI is InChI=1S/C15H24N2OS/c1-5-11(6-2)17-14(13-9-8-10(4)19-13)16-12(7-3)15(17)18/h8-9,11-12,14,16H,5-7H2,1-4H3. The molecule has 2 heterocycles. The van der Waals surface area contributed by atoms with Gasteiger partial charge in [-0.2, -0.15) is 0 Å². The van der Waals surface area contributed by atoms with Gasteiger partial charge in [-0.1, -0.05) is 20.8 Å². The maximum Gasteiger partial charge on any atom is 0.241 e. The quantitative estimate of drug-likeness (QED) is 0.896. The Hall–Kier alpha value is -0.870. The maximum absolute atomic E-state index is 12.6. The fourth-order valence-electron chi connectivity index (χ4n) is 2.83. The molecule has 2 rings (SSSR count). The minimum Gasteiger partial charge on any atom is -0.318 e. The van der Waals surface area contributed by atoms with Crippen molar-refractivity contribution >= 4 is 17.2 Å². The fraction of sp³-hybridized carbons (Fsp3) is 0.667. The molecule has 0 saturated carbocycles. The van der Waals surface area contributed by atoms with Crippen molar-refractivity contribution in [2.75, 3.05) is 0 Å². The van der Waals surface area contributed by atoms with Crippen molar-refractivity contribution in [3.05, 3.63) is 21.9 Å². The number of carbonyl (C=O) groups is 1. The number of nitrogens with zero attached hydrogens (tertiary/aromatic N) is 1. The van der Waals surface area contributed by atoms with Crippen molar-refractivity contribution in [3.8, 4) is 0 Å². The molecule has 1 saturated heterocycles. The summed E-state index contributed by atoms with van der Waals surface area (Å²) in [6.07, 6.45) is 2.96. The molecule has 4 heteroatoms. The fourth-order valence-corrected chi connectivity index (χ4v) is 3.77. The largest absolute Gasteiger partial charge is 0.318 e. The van der Waals surface area contributed by atoms with Gasteiger partial charge in [0.15, 0.2) is 0 Å². The van der Waals surface area contributed by atoms with Crippen molar-refractivity contribution in [1.29, 1.82) is 0 Å². The number of nitrogens with one attached hydrogen (secondary N) is 1. The van der Waals surface area contributed by atoms with Crippen LogP contribution in [0, 0.1) is 6.92 Å². The van der Waals surface area contributed by atoms with Crippen LogP contribution in [0.4, 0.5) is 0 Å². The van der Waals surface area contributed by atoms with E-state index in [1.807, 2.05) is 0 Å². The van der Waals surface area contributed by atoms with E-state index < -0.39 is 0 Å². The molecule has 1 aliphatic heterocycles. The van der Waals surface area contributed by atoms with Crippen molar-refractivity contribution in [1.82, 2.24) is 10.2 Å². The van der Waals surface area contributed by atoms with Crippen molar-refractivity contribution in [3.63, 3.8) is 0 Å². The highest BCUT2D eigenvalue weighted by Gasteiger charge is 2.41. The van der Waals surface area contributed by atoms with Gasteiger partial charge < -0.3 is 4.90 Å². The van der Waals surface area contributed by atoms with Gasteiger partial charge in [0.05, 0.1) is 6.04 Å². The Labute approximate surface area is 120 Å². The van der Waals surface area contributed by atoms with Crippen LogP contribution >= 0.6 is 11.3 Å². The molecule has 1 amide bonds. The van der Waals surface area contributed by atoms with Crippen LogP contribution in [0.3, 0.4) is 0 Å². The molecule has 1 aliphatic rings. The van der Waals surface area contributed by atoms with Gasteiger partial charge in [-0.25, -0.2) is 0 Å². The molecule has 19 heavy (non-hydrogen) atoms. The van der Waals surface area contributed by atoms with Gasteiger partial charge in [-0.3, -0.25) is 10.1 Å². The number of hydrogen-bond acceptors (Lipinski definition) is 3. The zero-order valence-corrected chi connectivity index (χ0v) is 13.1. The van der Waals surface area contributed by atoms with E-state index in [4.69, 9.17) is 0 Å². The summed E-state index contributed by atoms with van der Waals surface area (Å²) in [5.74, 6) is 0.271. The summed E-state index contributed by atoms with van der Waals surface area (Å²) in [5.41, 5.74) is 0. The van der Waals surface area contributed by atoms with E-state index in [1.165, 1.54) is 9.75 Å². The molecule has 0 aliphatic carbocycles. The van der Waals surface area contributed by atoms with Crippen LogP contribution in [0.2, 0.25) is 0 Å². The van der Waals surface area contributed by atoms with Crippen LogP contribution in [-0.4, -0.2) is 22.9 Å². The smallest absolute Gasteiger partial charge is 0.241 e. The van der Waals surface area contributed by atoms with Gasteiger partial charge in [0.2, 0.25) is 5.91 Å². The Morgan fingerprint density at radius 1 is 1.32 bits per heavy atom. The van der Waals surface area contributed by atoms with Crippen LogP contribution in [0.15, 0.2) is 12.1 Å². The third-order valence-corrected chi connectivity index (χ3v) is 5.02. The molecular formula is C15H24N2OS. The molecular weight excluding hydrogens is 256 g/mol. The lowest BCUT2D eigenvalue weighted by molar-refractivity contribution is -0.132. The average molecular weight is 280 g/mol. The lowest BCUT2D eigenvalue weighted by atomic mass is 10.1. The van der Waals surface area contributed by atoms with Crippen molar-refractivity contribution < 1.29 is 4.79 Å². The minimum absolute atomic E-state index is 0.0204. The molecule has 1 fully saturated rings. The van der Waals surface area contributed by atoms with Crippen molar-refractivity contribution in [2.45, 2.75) is 65.2 Å². The molecule has 0 bridgehead atoms. The van der Waals surface area contributed by atoms with E-state index in [-0.39, 0.29) is 18.1 Å². The van der Waals surface area contributed by atoms with Crippen molar-refractivity contribution in [2.24, 2.45) is 0 Å². The second-order valence-corrected chi connectivity index (χ2v) is 6.51. The van der Waals surface area contributed by atoms with Gasteiger partial charge in [0.1, 0.15) is 6.17 Å². The van der Waals surface area contributed by atoms with Gasteiger partial charge in [-0.05, 0) is 38.3 Å². The molecule has 0 aromatic carbocycles. The number of hydrogen-bond donors (Lipinski definition) is 1. The lowest BCUT2D eigenvalue weighted by Gasteiger charge is -2.31. The molecule has 1 aromatic rings. The van der Waals surface area contributed by atoms with E-state index in [9.17, 15) is 4.79 Å². The number of rotatable bonds is 5. The maximum atomic E-state index is 12.6. The van der Waals surface area contributed by atoms with Gasteiger partial charge >= 0.3 is 0 Å². The Morgan fingerprint density at radius 3 is 2.47 bits per heavy atom. The van der Waals surface area contributed by atoms with Gasteiger partial charge in [0, 0.05) is 15.8 Å². The minimum atomic E-state index is -0.0204. The summed E-state index contributed by atoms with van der Waals surface area (Å²) in [7, 11) is 0. The van der Waals surface area contributed by atoms with E-state index in [2.05, 4.69) is 50.0 Å². The Balaban J connectivity index is 2.31. The molecule has 1 N–H and O–H groups in total. The summed E-state index contributed by atoms with van der Waals surface area (Å²) in [6, 6.07) is 4.60. The third-order valence-electron chi connectivity index (χ3n) is 3.96. The Morgan fingerprint density at radius 2 is 2.00 bits per heavy atom. The molecule has 1 aromatic heterocycles. The zero-order chi connectivity index (χ0) is 14.0. The molecule has 2 atom stereocenters. The number of amides is 1. The van der Waals surface area contributed by atoms with E-state index in [0.717, 1.165) is 19.3 Å². The lowest BCUT2D eigenvalue weighted by Crippen LogP contribution is -2.39. The SMILES string of the molecule is CCC1NC(c2ccc(C)s2)N(C(CC)CC)C1=O. The number of thiophene rings is 1. The third kappa shape index (κ3) is 2.70. The topological polar surface area (TPSA) is 32.3 Å². The van der Waals surface area contributed by atoms with Crippen LogP contribution in [0.5, 0.6) is 0 Å². The van der Waals surface area contributed by atoms with Gasteiger partial charge in [0.25, 0.3) is 0 Å². The first-order valence-electron chi connectivity index (χ1n) is 7.26. The van der Waals surface area contributed by atoms with Crippen LogP contribution in [-0.2, 0) is 4.79 Å². The summed E-state index contributed by atoms with van der Waals surface area (Å²) >= 11 is 1.79. The number of carbonyl (C=O) groups excluding carboxylic acids is 1. The second-order valence-electron chi connectivity index (χ2n) is 5.19. The van der Waals surface area contributed by atoms with Gasteiger partial charge in [-0.15, -0.1) is 11.3 Å². The predicted octanol–water partition coefficient (Wildman–Crippen LogP) is 3.45. The molecule has 3 nitrogen and oxygen atoms in total. The summed E-state index contributed by atoms with van der Waals surface area (Å²) < 4.78 is 0. The Kier molecular flexibility index (Phi) is 4.63. The van der Waals surface area contributed by atoms with Crippen LogP contribution in [0.1, 0.15) is 56.0 Å². The first kappa shape index (κ1) is 14.5. The monoisotopic (exact) mass is 280 g/mol. The summed E-state index contributed by atoms with van der Waals surface area (Å²) in [5, 5.41) is 3.51. The van der Waals surface area contributed by atoms with Crippen LogP contribution < -0.4 is 5.32 Å². The highest BCUT2D eigenvalue weighted by Crippen LogP contribution is 2.34. The first-order valence-corrected chi connectivity index (χ1v) is 8.08. The van der Waals surface area contributed by atoms with E-state index in [1.54, 1.807) is 11.3 Å². The molecule has 0 spiro atoms. The normalized spacial score (nSPS) is 23.6. The highest BCUT2D eigenvalue weighted by atomic mass is 32.1. The highest BCUT2D eigenvalue weighted by molar-refractivity contribution is 7.12. The predicted molar refractivity (Wildman–Crippen MR) is 80.2 cm³/mol. The first-order chi connectivity index (χ1) is 9.12. The second kappa shape index (κ2) is 6.06. The van der Waals surface area contributed by atoms with Crippen LogP contribution in [0.25, 0.3) is 0 Å². The molecule has 106 valence electrons. The van der Waals surface area contributed by atoms with E-state index in [0.29, 0.717) is 6.04 Å². The Bertz CT molecular complexity index is 439.